The summed E-state index contributed by atoms with van der Waals surface area (Å²) in [4.78, 5) is 4.16. The van der Waals surface area contributed by atoms with Gasteiger partial charge in [-0.2, -0.15) is 0 Å². The minimum absolute atomic E-state index is 0.0264. The molecule has 0 fully saturated rings. The first-order valence-corrected chi connectivity index (χ1v) is 7.94. The molecule has 2 heterocycles. The summed E-state index contributed by atoms with van der Waals surface area (Å²) in [6, 6.07) is 5.09. The van der Waals surface area contributed by atoms with E-state index in [0.717, 1.165) is 12.8 Å². The van der Waals surface area contributed by atoms with Gasteiger partial charge >= 0.3 is 0 Å². The number of anilines is 1. The number of sulfonamides is 1. The molecule has 0 radical (unpaired) electrons. The molecule has 7 nitrogen and oxygen atoms in total. The van der Waals surface area contributed by atoms with Crippen LogP contribution in [0.5, 0.6) is 0 Å². The first kappa shape index (κ1) is 14.8. The van der Waals surface area contributed by atoms with E-state index in [4.69, 9.17) is 5.84 Å². The van der Waals surface area contributed by atoms with Crippen LogP contribution >= 0.6 is 0 Å². The zero-order valence-electron chi connectivity index (χ0n) is 11.5. The quantitative estimate of drug-likeness (QED) is 0.547. The Morgan fingerprint density at radius 1 is 1.45 bits per heavy atom. The van der Waals surface area contributed by atoms with Crippen molar-refractivity contribution >= 4 is 21.5 Å². The number of nitrogens with one attached hydrogen (secondary N) is 2. The lowest BCUT2D eigenvalue weighted by atomic mass is 10.2. The average molecular weight is 297 g/mol. The van der Waals surface area contributed by atoms with Crippen molar-refractivity contribution in [3.8, 4) is 0 Å². The zero-order chi connectivity index (χ0) is 14.8. The summed E-state index contributed by atoms with van der Waals surface area (Å²) in [6.07, 6.45) is 3.31. The molecule has 0 bridgehead atoms. The lowest BCUT2D eigenvalue weighted by Crippen LogP contribution is -2.33. The van der Waals surface area contributed by atoms with Crippen LogP contribution in [-0.4, -0.2) is 23.8 Å². The van der Waals surface area contributed by atoms with E-state index >= 15 is 0 Å². The maximum absolute atomic E-state index is 12.5. The summed E-state index contributed by atoms with van der Waals surface area (Å²) in [6.45, 7) is 3.84. The third kappa shape index (κ3) is 2.77. The lowest BCUT2D eigenvalue weighted by molar-refractivity contribution is 0.540. The molecule has 0 aliphatic carbocycles. The lowest BCUT2D eigenvalue weighted by Gasteiger charge is -2.13. The van der Waals surface area contributed by atoms with Gasteiger partial charge in [-0.25, -0.2) is 24.0 Å². The molecule has 4 N–H and O–H groups in total. The van der Waals surface area contributed by atoms with Gasteiger partial charge in [0.25, 0.3) is 10.0 Å². The van der Waals surface area contributed by atoms with E-state index in [2.05, 4.69) is 15.1 Å². The number of pyridine rings is 1. The zero-order valence-corrected chi connectivity index (χ0v) is 12.3. The Kier molecular flexibility index (Phi) is 4.26. The van der Waals surface area contributed by atoms with Crippen molar-refractivity contribution in [2.75, 3.05) is 5.43 Å². The van der Waals surface area contributed by atoms with E-state index in [1.807, 2.05) is 13.8 Å². The summed E-state index contributed by atoms with van der Waals surface area (Å²) in [7, 11) is -3.70. The molecule has 1 unspecified atom stereocenters. The molecular formula is C12H19N5O2S. The van der Waals surface area contributed by atoms with Gasteiger partial charge in [0.2, 0.25) is 0 Å². The third-order valence-electron chi connectivity index (χ3n) is 2.96. The van der Waals surface area contributed by atoms with Gasteiger partial charge in [-0.05, 0) is 25.5 Å². The summed E-state index contributed by atoms with van der Waals surface area (Å²) >= 11 is 0. The van der Waals surface area contributed by atoms with Gasteiger partial charge < -0.3 is 5.43 Å². The molecule has 0 aliphatic heterocycles. The molecular weight excluding hydrogens is 278 g/mol. The number of hydrogen-bond acceptors (Lipinski definition) is 5. The number of nitrogens with zero attached hydrogens (tertiary/aromatic N) is 2. The second-order valence-electron chi connectivity index (χ2n) is 4.65. The predicted molar refractivity (Wildman–Crippen MR) is 77.7 cm³/mol. The Labute approximate surface area is 118 Å². The Morgan fingerprint density at radius 2 is 2.20 bits per heavy atom. The molecule has 0 saturated carbocycles. The number of hydrogen-bond donors (Lipinski definition) is 3. The summed E-state index contributed by atoms with van der Waals surface area (Å²) in [5.74, 6) is 5.51. The van der Waals surface area contributed by atoms with Crippen molar-refractivity contribution in [2.24, 2.45) is 5.84 Å². The number of rotatable bonds is 6. The predicted octanol–water partition coefficient (Wildman–Crippen LogP) is 1.09. The minimum Gasteiger partial charge on any atom is -0.306 e. The van der Waals surface area contributed by atoms with Crippen LogP contribution in [0.3, 0.4) is 0 Å². The maximum Gasteiger partial charge on any atom is 0.260 e. The van der Waals surface area contributed by atoms with Crippen molar-refractivity contribution in [2.45, 2.75) is 37.8 Å². The molecule has 8 heteroatoms. The molecule has 0 aromatic carbocycles. The molecule has 1 atom stereocenters. The molecule has 2 aromatic rings. The third-order valence-corrected chi connectivity index (χ3v) is 4.57. The maximum atomic E-state index is 12.5. The number of nitrogen functional groups attached to an aromatic ring is 1. The highest BCUT2D eigenvalue weighted by atomic mass is 32.2. The van der Waals surface area contributed by atoms with Crippen LogP contribution in [0.2, 0.25) is 0 Å². The fourth-order valence-corrected chi connectivity index (χ4v) is 3.67. The van der Waals surface area contributed by atoms with E-state index in [1.54, 1.807) is 24.4 Å². The second-order valence-corrected chi connectivity index (χ2v) is 6.28. The van der Waals surface area contributed by atoms with Gasteiger partial charge in [0.05, 0.1) is 0 Å². The summed E-state index contributed by atoms with van der Waals surface area (Å²) < 4.78 is 29.1. The van der Waals surface area contributed by atoms with Crippen LogP contribution in [0.1, 0.15) is 26.7 Å². The number of fused-ring (bicyclic) bond motifs is 1. The van der Waals surface area contributed by atoms with Crippen molar-refractivity contribution in [3.05, 3.63) is 24.4 Å². The Hall–Kier alpha value is -1.64. The van der Waals surface area contributed by atoms with E-state index in [9.17, 15) is 8.42 Å². The molecule has 110 valence electrons. The molecule has 0 aliphatic rings. The number of aromatic nitrogens is 2. The number of hydrazine groups is 1. The Morgan fingerprint density at radius 3 is 2.85 bits per heavy atom. The highest BCUT2D eigenvalue weighted by Gasteiger charge is 2.26. The average Bonchev–Trinajstić information content (AvgIpc) is 2.77. The van der Waals surface area contributed by atoms with Crippen LogP contribution in [0.4, 0.5) is 5.82 Å². The molecule has 2 aromatic heterocycles. The SMILES string of the molecule is CCCC(C)NS(=O)(=O)c1c(NN)nc2ccccn12. The van der Waals surface area contributed by atoms with Crippen LogP contribution in [0.15, 0.2) is 29.4 Å². The van der Waals surface area contributed by atoms with Gasteiger partial charge in [-0.3, -0.25) is 4.40 Å². The van der Waals surface area contributed by atoms with Crippen LogP contribution in [0, 0.1) is 0 Å². The van der Waals surface area contributed by atoms with Gasteiger partial charge in [0.15, 0.2) is 10.8 Å². The van der Waals surface area contributed by atoms with Crippen molar-refractivity contribution in [1.82, 2.24) is 14.1 Å². The monoisotopic (exact) mass is 297 g/mol. The normalized spacial score (nSPS) is 13.6. The van der Waals surface area contributed by atoms with Crippen molar-refractivity contribution in [1.29, 1.82) is 0 Å². The fourth-order valence-electron chi connectivity index (χ4n) is 2.14. The fraction of sp³-hybridized carbons (Fsp3) is 0.417. The van der Waals surface area contributed by atoms with E-state index < -0.39 is 10.0 Å². The van der Waals surface area contributed by atoms with Crippen LogP contribution < -0.4 is 16.0 Å². The summed E-state index contributed by atoms with van der Waals surface area (Å²) in [5, 5.41) is 0.0264. The molecule has 0 saturated heterocycles. The smallest absolute Gasteiger partial charge is 0.260 e. The molecule has 0 amide bonds. The van der Waals surface area contributed by atoms with E-state index in [0.29, 0.717) is 5.65 Å². The van der Waals surface area contributed by atoms with Crippen LogP contribution in [-0.2, 0) is 10.0 Å². The molecule has 20 heavy (non-hydrogen) atoms. The van der Waals surface area contributed by atoms with Crippen LogP contribution in [0.25, 0.3) is 5.65 Å². The summed E-state index contributed by atoms with van der Waals surface area (Å²) in [5.41, 5.74) is 2.86. The first-order chi connectivity index (χ1) is 9.49. The molecule has 2 rings (SSSR count). The van der Waals surface area contributed by atoms with E-state index in [-0.39, 0.29) is 16.9 Å². The Balaban J connectivity index is 2.50. The highest BCUT2D eigenvalue weighted by molar-refractivity contribution is 7.89. The number of nitrogens with two attached hydrogens (primary N) is 1. The minimum atomic E-state index is -3.70. The largest absolute Gasteiger partial charge is 0.306 e. The van der Waals surface area contributed by atoms with E-state index in [1.165, 1.54) is 4.40 Å². The number of imidazole rings is 1. The molecule has 0 spiro atoms. The topological polar surface area (TPSA) is 102 Å². The highest BCUT2D eigenvalue weighted by Crippen LogP contribution is 2.22. The van der Waals surface area contributed by atoms with Gasteiger partial charge in [0.1, 0.15) is 5.65 Å². The van der Waals surface area contributed by atoms with Gasteiger partial charge in [0, 0.05) is 12.2 Å². The first-order valence-electron chi connectivity index (χ1n) is 6.45. The van der Waals surface area contributed by atoms with Crippen molar-refractivity contribution in [3.63, 3.8) is 0 Å². The van der Waals surface area contributed by atoms with Gasteiger partial charge in [-0.1, -0.05) is 19.4 Å². The van der Waals surface area contributed by atoms with Gasteiger partial charge in [-0.15, -0.1) is 0 Å². The van der Waals surface area contributed by atoms with Crippen molar-refractivity contribution < 1.29 is 8.42 Å². The standard InChI is InChI=1S/C12H19N5O2S/c1-3-6-9(2)16-20(18,19)12-11(15-13)14-10-7-4-5-8-17(10)12/h4-5,7-9,15-16H,3,6,13H2,1-2H3. The Bertz CT molecular complexity index is 695. The second kappa shape index (κ2) is 5.78.